The second kappa shape index (κ2) is 8.99. The summed E-state index contributed by atoms with van der Waals surface area (Å²) in [7, 11) is 1.63. The third-order valence-corrected chi connectivity index (χ3v) is 5.87. The highest BCUT2D eigenvalue weighted by atomic mass is 32.1. The molecule has 0 saturated carbocycles. The fourth-order valence-corrected chi connectivity index (χ4v) is 3.93. The number of piperazine rings is 1. The molecule has 1 aliphatic heterocycles. The van der Waals surface area contributed by atoms with Crippen molar-refractivity contribution < 1.29 is 13.9 Å². The number of hydrogen-bond acceptors (Lipinski definition) is 6. The number of benzene rings is 2. The first-order chi connectivity index (χ1) is 15.0. The van der Waals surface area contributed by atoms with Crippen molar-refractivity contribution >= 4 is 23.7 Å². The second-order valence-electron chi connectivity index (χ2n) is 7.45. The van der Waals surface area contributed by atoms with Crippen molar-refractivity contribution in [3.05, 3.63) is 64.9 Å². The van der Waals surface area contributed by atoms with Crippen LogP contribution in [0.3, 0.4) is 0 Å². The number of anilines is 1. The van der Waals surface area contributed by atoms with Gasteiger partial charge in [0.1, 0.15) is 17.9 Å². The molecule has 31 heavy (non-hydrogen) atoms. The lowest BCUT2D eigenvalue weighted by molar-refractivity contribution is 0.101. The maximum absolute atomic E-state index is 14.5. The minimum Gasteiger partial charge on any atom is -0.497 e. The average Bonchev–Trinajstić information content (AvgIpc) is 3.14. The van der Waals surface area contributed by atoms with Gasteiger partial charge in [-0.25, -0.2) is 9.07 Å². The van der Waals surface area contributed by atoms with Gasteiger partial charge in [-0.3, -0.25) is 14.3 Å². The topological polar surface area (TPSA) is 55.5 Å². The van der Waals surface area contributed by atoms with Gasteiger partial charge in [0.2, 0.25) is 4.77 Å². The zero-order valence-electron chi connectivity index (χ0n) is 17.5. The van der Waals surface area contributed by atoms with Gasteiger partial charge in [0.15, 0.2) is 5.78 Å². The minimum atomic E-state index is -0.361. The largest absolute Gasteiger partial charge is 0.497 e. The minimum absolute atomic E-state index is 0.139. The number of halogens is 1. The number of nitrogens with zero attached hydrogens (tertiary/aromatic N) is 5. The lowest BCUT2D eigenvalue weighted by atomic mass is 10.1. The Kier molecular flexibility index (Phi) is 6.15. The molecule has 1 aromatic heterocycles. The number of methoxy groups -OCH3 is 1. The third kappa shape index (κ3) is 4.52. The highest BCUT2D eigenvalue weighted by Crippen LogP contribution is 2.23. The SMILES string of the molecule is COc1cccc(-n2cnn(CN3CCN(c4ccc(C(C)=O)cc4F)CC3)c2=S)c1. The van der Waals surface area contributed by atoms with E-state index in [2.05, 4.69) is 10.00 Å². The van der Waals surface area contributed by atoms with E-state index in [0.717, 1.165) is 24.5 Å². The first-order valence-electron chi connectivity index (χ1n) is 10.0. The highest BCUT2D eigenvalue weighted by Gasteiger charge is 2.21. The molecule has 0 amide bonds. The van der Waals surface area contributed by atoms with Crippen molar-refractivity contribution in [2.45, 2.75) is 13.6 Å². The lowest BCUT2D eigenvalue weighted by Crippen LogP contribution is -2.47. The van der Waals surface area contributed by atoms with E-state index in [1.807, 2.05) is 33.7 Å². The number of carbonyl (C=O) groups excluding carboxylic acids is 1. The zero-order valence-corrected chi connectivity index (χ0v) is 18.3. The Morgan fingerprint density at radius 1 is 1.16 bits per heavy atom. The quantitative estimate of drug-likeness (QED) is 0.431. The van der Waals surface area contributed by atoms with Crippen LogP contribution in [-0.4, -0.2) is 58.3 Å². The van der Waals surface area contributed by atoms with E-state index in [-0.39, 0.29) is 11.6 Å². The summed E-state index contributed by atoms with van der Waals surface area (Å²) in [4.78, 5) is 15.7. The number of carbonyl (C=O) groups is 1. The first-order valence-corrected chi connectivity index (χ1v) is 10.4. The van der Waals surface area contributed by atoms with Crippen molar-refractivity contribution in [3.63, 3.8) is 0 Å². The molecule has 1 saturated heterocycles. The molecule has 3 aromatic rings. The molecule has 2 aromatic carbocycles. The number of Topliss-reactive ketones (excluding diaryl/α,β-unsaturated/α-hetero) is 1. The van der Waals surface area contributed by atoms with Crippen LogP contribution in [-0.2, 0) is 6.67 Å². The smallest absolute Gasteiger partial charge is 0.203 e. The van der Waals surface area contributed by atoms with E-state index >= 15 is 0 Å². The molecule has 1 aliphatic rings. The summed E-state index contributed by atoms with van der Waals surface area (Å²) in [6, 6.07) is 12.3. The molecule has 162 valence electrons. The Morgan fingerprint density at radius 2 is 1.94 bits per heavy atom. The summed E-state index contributed by atoms with van der Waals surface area (Å²) in [6.45, 7) is 4.87. The maximum atomic E-state index is 14.5. The van der Waals surface area contributed by atoms with Crippen molar-refractivity contribution in [2.24, 2.45) is 0 Å². The van der Waals surface area contributed by atoms with Crippen LogP contribution in [0.4, 0.5) is 10.1 Å². The molecule has 0 atom stereocenters. The molecule has 7 nitrogen and oxygen atoms in total. The fourth-order valence-electron chi connectivity index (χ4n) is 3.67. The average molecular weight is 442 g/mol. The highest BCUT2D eigenvalue weighted by molar-refractivity contribution is 7.71. The molecule has 0 radical (unpaired) electrons. The van der Waals surface area contributed by atoms with Crippen LogP contribution in [0.2, 0.25) is 0 Å². The van der Waals surface area contributed by atoms with Crippen LogP contribution in [0.25, 0.3) is 5.69 Å². The Balaban J connectivity index is 1.41. The van der Waals surface area contributed by atoms with Crippen LogP contribution < -0.4 is 9.64 Å². The number of hydrogen-bond donors (Lipinski definition) is 0. The summed E-state index contributed by atoms with van der Waals surface area (Å²) >= 11 is 5.61. The van der Waals surface area contributed by atoms with Crippen LogP contribution >= 0.6 is 12.2 Å². The molecule has 0 spiro atoms. The normalized spacial score (nSPS) is 14.6. The van der Waals surface area contributed by atoms with Crippen LogP contribution in [0.15, 0.2) is 48.8 Å². The Morgan fingerprint density at radius 3 is 2.61 bits per heavy atom. The summed E-state index contributed by atoms with van der Waals surface area (Å²) in [5.74, 6) is 0.257. The van der Waals surface area contributed by atoms with Gasteiger partial charge in [-0.05, 0) is 49.5 Å². The van der Waals surface area contributed by atoms with Gasteiger partial charge in [-0.2, -0.15) is 5.10 Å². The van der Waals surface area contributed by atoms with Crippen LogP contribution in [0.1, 0.15) is 17.3 Å². The first kappa shape index (κ1) is 21.2. The van der Waals surface area contributed by atoms with Gasteiger partial charge >= 0.3 is 0 Å². The predicted molar refractivity (Wildman–Crippen MR) is 119 cm³/mol. The Bertz CT molecular complexity index is 1150. The predicted octanol–water partition coefficient (Wildman–Crippen LogP) is 3.53. The van der Waals surface area contributed by atoms with E-state index in [1.54, 1.807) is 30.3 Å². The molecular weight excluding hydrogens is 417 g/mol. The molecular formula is C22H24FN5O2S. The second-order valence-corrected chi connectivity index (χ2v) is 7.82. The molecule has 0 bridgehead atoms. The van der Waals surface area contributed by atoms with E-state index in [4.69, 9.17) is 17.0 Å². The number of rotatable bonds is 6. The number of ether oxygens (including phenoxy) is 1. The van der Waals surface area contributed by atoms with Gasteiger partial charge in [0.05, 0.1) is 25.2 Å². The summed E-state index contributed by atoms with van der Waals surface area (Å²) in [5.41, 5.74) is 1.81. The molecule has 1 fully saturated rings. The van der Waals surface area contributed by atoms with Crippen molar-refractivity contribution in [1.82, 2.24) is 19.2 Å². The van der Waals surface area contributed by atoms with E-state index in [9.17, 15) is 9.18 Å². The zero-order chi connectivity index (χ0) is 22.0. The molecule has 2 heterocycles. The van der Waals surface area contributed by atoms with Crippen LogP contribution in [0, 0.1) is 10.6 Å². The van der Waals surface area contributed by atoms with Crippen molar-refractivity contribution in [1.29, 1.82) is 0 Å². The molecule has 0 N–H and O–H groups in total. The maximum Gasteiger partial charge on any atom is 0.203 e. The van der Waals surface area contributed by atoms with Gasteiger partial charge in [0, 0.05) is 37.8 Å². The van der Waals surface area contributed by atoms with Gasteiger partial charge < -0.3 is 9.64 Å². The summed E-state index contributed by atoms with van der Waals surface area (Å²) in [6.07, 6.45) is 1.71. The van der Waals surface area contributed by atoms with Gasteiger partial charge in [0.25, 0.3) is 0 Å². The molecule has 4 rings (SSSR count). The van der Waals surface area contributed by atoms with Crippen LogP contribution in [0.5, 0.6) is 5.75 Å². The summed E-state index contributed by atoms with van der Waals surface area (Å²) < 4.78 is 24.0. The monoisotopic (exact) mass is 441 g/mol. The Labute approximate surface area is 185 Å². The molecule has 0 aliphatic carbocycles. The van der Waals surface area contributed by atoms with Gasteiger partial charge in [-0.15, -0.1) is 0 Å². The lowest BCUT2D eigenvalue weighted by Gasteiger charge is -2.36. The van der Waals surface area contributed by atoms with E-state index in [1.165, 1.54) is 13.0 Å². The fraction of sp³-hybridized carbons (Fsp3) is 0.318. The van der Waals surface area contributed by atoms with Gasteiger partial charge in [-0.1, -0.05) is 6.07 Å². The third-order valence-electron chi connectivity index (χ3n) is 5.47. The standard InChI is InChI=1S/C22H24FN5O2S/c1-16(29)17-6-7-21(20(23)12-17)26-10-8-25(9-11-26)15-28-22(31)27(14-24-28)18-4-3-5-19(13-18)30-2/h3-7,12-14H,8-11,15H2,1-2H3. The molecule has 0 unspecified atom stereocenters. The van der Waals surface area contributed by atoms with E-state index < -0.39 is 0 Å². The Hall–Kier alpha value is -3.04. The number of aromatic nitrogens is 3. The summed E-state index contributed by atoms with van der Waals surface area (Å²) in [5, 5.41) is 4.45. The number of ketones is 1. The molecule has 9 heteroatoms. The van der Waals surface area contributed by atoms with Crippen molar-refractivity contribution in [2.75, 3.05) is 38.2 Å². The van der Waals surface area contributed by atoms with E-state index in [0.29, 0.717) is 35.8 Å². The van der Waals surface area contributed by atoms with Crippen molar-refractivity contribution in [3.8, 4) is 11.4 Å².